The minimum Gasteiger partial charge on any atom is -0.508 e. The molecule has 0 aromatic heterocycles. The molecule has 0 heterocycles. The highest BCUT2D eigenvalue weighted by molar-refractivity contribution is 5.57. The van der Waals surface area contributed by atoms with Gasteiger partial charge in [-0.05, 0) is 47.1 Å². The molecule has 1 aliphatic rings. The zero-order valence-electron chi connectivity index (χ0n) is 12.8. The summed E-state index contributed by atoms with van der Waals surface area (Å²) < 4.78 is 0. The Kier molecular flexibility index (Phi) is 4.49. The van der Waals surface area contributed by atoms with Crippen LogP contribution in [0.5, 0.6) is 5.75 Å². The fourth-order valence-corrected chi connectivity index (χ4v) is 2.52. The lowest BCUT2D eigenvalue weighted by Gasteiger charge is -2.31. The molecule has 1 N–H and O–H groups in total. The number of phenols is 1. The second kappa shape index (κ2) is 6.33. The van der Waals surface area contributed by atoms with E-state index in [9.17, 15) is 5.11 Å². The Bertz CT molecular complexity index is 719. The van der Waals surface area contributed by atoms with E-state index in [1.165, 1.54) is 0 Å². The van der Waals surface area contributed by atoms with Crippen molar-refractivity contribution in [3.8, 4) is 17.9 Å². The van der Waals surface area contributed by atoms with E-state index in [0.717, 1.165) is 29.6 Å². The maximum absolute atomic E-state index is 9.28. The van der Waals surface area contributed by atoms with E-state index in [0.29, 0.717) is 0 Å². The van der Waals surface area contributed by atoms with Gasteiger partial charge in [0.15, 0.2) is 0 Å². The highest BCUT2D eigenvalue weighted by Gasteiger charge is 2.28. The number of nitrogens with zero attached hydrogens (tertiary/aromatic N) is 2. The molecule has 0 unspecified atom stereocenters. The second-order valence-electron chi connectivity index (χ2n) is 6.04. The van der Waals surface area contributed by atoms with Crippen molar-refractivity contribution in [2.45, 2.75) is 26.7 Å². The summed E-state index contributed by atoms with van der Waals surface area (Å²) in [6.07, 6.45) is 7.76. The molecule has 1 aliphatic carbocycles. The van der Waals surface area contributed by atoms with Gasteiger partial charge in [-0.25, -0.2) is 0 Å². The van der Waals surface area contributed by atoms with Crippen molar-refractivity contribution in [2.24, 2.45) is 5.41 Å². The number of hydrogen-bond donors (Lipinski definition) is 1. The Morgan fingerprint density at radius 1 is 1.14 bits per heavy atom. The molecule has 1 aromatic carbocycles. The fourth-order valence-electron chi connectivity index (χ4n) is 2.52. The third-order valence-corrected chi connectivity index (χ3v) is 3.97. The second-order valence-corrected chi connectivity index (χ2v) is 6.04. The monoisotopic (exact) mass is 290 g/mol. The van der Waals surface area contributed by atoms with Crippen molar-refractivity contribution in [2.75, 3.05) is 0 Å². The summed E-state index contributed by atoms with van der Waals surface area (Å²) in [6.45, 7) is 4.13. The van der Waals surface area contributed by atoms with Crippen LogP contribution >= 0.6 is 0 Å². The first kappa shape index (κ1) is 15.6. The van der Waals surface area contributed by atoms with E-state index in [1.807, 2.05) is 42.5 Å². The van der Waals surface area contributed by atoms with Crippen LogP contribution in [-0.4, -0.2) is 5.11 Å². The van der Waals surface area contributed by atoms with Crippen LogP contribution < -0.4 is 0 Å². The van der Waals surface area contributed by atoms with E-state index >= 15 is 0 Å². The fraction of sp³-hybridized carbons (Fsp3) is 0.263. The van der Waals surface area contributed by atoms with E-state index < -0.39 is 0 Å². The van der Waals surface area contributed by atoms with Crippen molar-refractivity contribution in [3.05, 3.63) is 58.7 Å². The number of phenolic OH excluding ortho intramolecular Hbond substituents is 1. The Balaban J connectivity index is 2.33. The van der Waals surface area contributed by atoms with Crippen LogP contribution in [0.4, 0.5) is 0 Å². The summed E-state index contributed by atoms with van der Waals surface area (Å²) in [4.78, 5) is 0. The van der Waals surface area contributed by atoms with Gasteiger partial charge < -0.3 is 5.11 Å². The molecular formula is C19H18N2O. The third-order valence-electron chi connectivity index (χ3n) is 3.97. The molecule has 2 rings (SSSR count). The summed E-state index contributed by atoms with van der Waals surface area (Å²) in [6, 6.07) is 11.0. The molecule has 0 atom stereocenters. The van der Waals surface area contributed by atoms with Gasteiger partial charge in [0.05, 0.1) is 0 Å². The average Bonchev–Trinajstić information content (AvgIpc) is 2.50. The number of rotatable bonds is 2. The van der Waals surface area contributed by atoms with Crippen LogP contribution in [0.2, 0.25) is 0 Å². The molecule has 1 aromatic rings. The van der Waals surface area contributed by atoms with Crippen molar-refractivity contribution < 1.29 is 5.11 Å². The molecule has 0 spiro atoms. The largest absolute Gasteiger partial charge is 0.508 e. The van der Waals surface area contributed by atoms with Crippen LogP contribution in [0.3, 0.4) is 0 Å². The van der Waals surface area contributed by atoms with Gasteiger partial charge in [0.1, 0.15) is 23.5 Å². The Morgan fingerprint density at radius 2 is 1.77 bits per heavy atom. The lowest BCUT2D eigenvalue weighted by Crippen LogP contribution is -2.19. The van der Waals surface area contributed by atoms with Crippen molar-refractivity contribution >= 4 is 6.08 Å². The molecule has 0 fully saturated rings. The number of benzene rings is 1. The first-order chi connectivity index (χ1) is 10.5. The summed E-state index contributed by atoms with van der Waals surface area (Å²) in [5, 5.41) is 27.5. The van der Waals surface area contributed by atoms with E-state index in [-0.39, 0.29) is 16.7 Å². The van der Waals surface area contributed by atoms with Gasteiger partial charge >= 0.3 is 0 Å². The standard InChI is InChI=1S/C19H18N2O/c1-19(2)10-9-15(11-18(19)16(12-20)13-21)4-3-14-5-7-17(22)8-6-14/h3-8,11,22H,9-10H2,1-2H3/b4-3+. The predicted octanol–water partition coefficient (Wildman–Crippen LogP) is 4.50. The van der Waals surface area contributed by atoms with Crippen LogP contribution in [0.25, 0.3) is 6.08 Å². The van der Waals surface area contributed by atoms with Crippen molar-refractivity contribution in [3.63, 3.8) is 0 Å². The predicted molar refractivity (Wildman–Crippen MR) is 86.5 cm³/mol. The van der Waals surface area contributed by atoms with Crippen LogP contribution in [-0.2, 0) is 0 Å². The highest BCUT2D eigenvalue weighted by Crippen LogP contribution is 2.40. The molecule has 0 bridgehead atoms. The Hall–Kier alpha value is -2.78. The lowest BCUT2D eigenvalue weighted by atomic mass is 9.72. The van der Waals surface area contributed by atoms with Gasteiger partial charge in [-0.3, -0.25) is 0 Å². The first-order valence-electron chi connectivity index (χ1n) is 7.19. The van der Waals surface area contributed by atoms with Gasteiger partial charge in [-0.1, -0.05) is 44.2 Å². The van der Waals surface area contributed by atoms with Gasteiger partial charge in [0, 0.05) is 0 Å². The minimum atomic E-state index is -0.156. The number of nitriles is 2. The molecule has 22 heavy (non-hydrogen) atoms. The normalized spacial score (nSPS) is 16.7. The molecule has 0 aliphatic heterocycles. The molecule has 0 saturated carbocycles. The van der Waals surface area contributed by atoms with Gasteiger partial charge in [-0.2, -0.15) is 10.5 Å². The van der Waals surface area contributed by atoms with E-state index in [2.05, 4.69) is 13.8 Å². The molecule has 0 amide bonds. The maximum atomic E-state index is 9.28. The molecule has 3 heteroatoms. The van der Waals surface area contributed by atoms with E-state index in [4.69, 9.17) is 10.5 Å². The molecule has 110 valence electrons. The Morgan fingerprint density at radius 3 is 2.36 bits per heavy atom. The van der Waals surface area contributed by atoms with Crippen LogP contribution in [0, 0.1) is 28.1 Å². The van der Waals surface area contributed by atoms with Gasteiger partial charge in [0.2, 0.25) is 0 Å². The summed E-state index contributed by atoms with van der Waals surface area (Å²) in [5.74, 6) is 0.244. The quantitative estimate of drug-likeness (QED) is 0.816. The number of hydrogen-bond acceptors (Lipinski definition) is 3. The van der Waals surface area contributed by atoms with Crippen molar-refractivity contribution in [1.82, 2.24) is 0 Å². The summed E-state index contributed by atoms with van der Waals surface area (Å²) in [5.41, 5.74) is 2.95. The third kappa shape index (κ3) is 3.45. The van der Waals surface area contributed by atoms with Crippen molar-refractivity contribution in [1.29, 1.82) is 10.5 Å². The summed E-state index contributed by atoms with van der Waals surface area (Å²) >= 11 is 0. The maximum Gasteiger partial charge on any atom is 0.133 e. The Labute approximate surface area is 131 Å². The molecule has 0 saturated heterocycles. The lowest BCUT2D eigenvalue weighted by molar-refractivity contribution is 0.405. The zero-order chi connectivity index (χ0) is 16.2. The minimum absolute atomic E-state index is 0.156. The smallest absolute Gasteiger partial charge is 0.133 e. The topological polar surface area (TPSA) is 67.8 Å². The molecule has 0 radical (unpaired) electrons. The number of allylic oxidation sites excluding steroid dienone is 5. The summed E-state index contributed by atoms with van der Waals surface area (Å²) in [7, 11) is 0. The molecular weight excluding hydrogens is 272 g/mol. The first-order valence-corrected chi connectivity index (χ1v) is 7.19. The number of aromatic hydroxyl groups is 1. The van der Waals surface area contributed by atoms with E-state index in [1.54, 1.807) is 12.1 Å². The SMILES string of the molecule is CC1(C)CCC(/C=C/c2ccc(O)cc2)=CC1=C(C#N)C#N. The van der Waals surface area contributed by atoms with Gasteiger partial charge in [-0.15, -0.1) is 0 Å². The average molecular weight is 290 g/mol. The van der Waals surface area contributed by atoms with Crippen LogP contribution in [0.1, 0.15) is 32.3 Å². The van der Waals surface area contributed by atoms with Gasteiger partial charge in [0.25, 0.3) is 0 Å². The zero-order valence-corrected chi connectivity index (χ0v) is 12.8. The van der Waals surface area contributed by atoms with Crippen LogP contribution in [0.15, 0.2) is 53.1 Å². The molecule has 3 nitrogen and oxygen atoms in total. The highest BCUT2D eigenvalue weighted by atomic mass is 16.3.